The summed E-state index contributed by atoms with van der Waals surface area (Å²) in [6.07, 6.45) is 2.42. The minimum Gasteiger partial charge on any atom is -0.493 e. The summed E-state index contributed by atoms with van der Waals surface area (Å²) in [4.78, 5) is 41.5. The van der Waals surface area contributed by atoms with Gasteiger partial charge in [-0.05, 0) is 95.0 Å². The SMILES string of the molecule is CC(C)OC(=O)N1CCC(COc2ccc(-c3ccc(CC(NC(=O)OC(C)(C)C)C(=O)N4CCCC4C#N)cc3)cc2)CC1. The Hall–Kier alpha value is -4.26. The quantitative estimate of drug-likeness (QED) is 0.369. The second kappa shape index (κ2) is 15.2. The van der Waals surface area contributed by atoms with Gasteiger partial charge in [-0.25, -0.2) is 9.59 Å². The van der Waals surface area contributed by atoms with Crippen molar-refractivity contribution in [3.8, 4) is 22.9 Å². The summed E-state index contributed by atoms with van der Waals surface area (Å²) in [5.41, 5.74) is 2.21. The van der Waals surface area contributed by atoms with Crippen LogP contribution in [0.15, 0.2) is 48.5 Å². The first-order chi connectivity index (χ1) is 21.4. The van der Waals surface area contributed by atoms with Gasteiger partial charge in [0.25, 0.3) is 0 Å². The molecule has 2 heterocycles. The topological polar surface area (TPSA) is 121 Å². The van der Waals surface area contributed by atoms with Crippen molar-refractivity contribution in [1.29, 1.82) is 5.26 Å². The summed E-state index contributed by atoms with van der Waals surface area (Å²) in [6.45, 7) is 11.5. The average Bonchev–Trinajstić information content (AvgIpc) is 3.48. The van der Waals surface area contributed by atoms with Gasteiger partial charge in [-0.3, -0.25) is 4.79 Å². The number of amides is 3. The molecule has 10 nitrogen and oxygen atoms in total. The maximum atomic E-state index is 13.4. The summed E-state index contributed by atoms with van der Waals surface area (Å²) in [7, 11) is 0. The fraction of sp³-hybridized carbons (Fsp3) is 0.543. The van der Waals surface area contributed by atoms with E-state index in [-0.39, 0.29) is 24.5 Å². The number of hydrogen-bond acceptors (Lipinski definition) is 7. The molecule has 2 aliphatic heterocycles. The van der Waals surface area contributed by atoms with Crippen LogP contribution in [0.25, 0.3) is 11.1 Å². The third-order valence-electron chi connectivity index (χ3n) is 7.95. The number of benzene rings is 2. The number of ether oxygens (including phenoxy) is 3. The molecule has 1 N–H and O–H groups in total. The zero-order valence-electron chi connectivity index (χ0n) is 27.1. The number of nitrogens with one attached hydrogen (secondary N) is 1. The van der Waals surface area contributed by atoms with Crippen molar-refractivity contribution in [2.45, 2.75) is 90.5 Å². The van der Waals surface area contributed by atoms with Gasteiger partial charge in [0.05, 0.1) is 18.8 Å². The molecule has 2 atom stereocenters. The number of hydrogen-bond donors (Lipinski definition) is 1. The smallest absolute Gasteiger partial charge is 0.410 e. The first kappa shape index (κ1) is 33.6. The Bertz CT molecular complexity index is 1340. The number of rotatable bonds is 9. The van der Waals surface area contributed by atoms with Gasteiger partial charge in [-0.1, -0.05) is 36.4 Å². The third-order valence-corrected chi connectivity index (χ3v) is 7.95. The monoisotopic (exact) mass is 618 g/mol. The molecule has 2 fully saturated rings. The van der Waals surface area contributed by atoms with Gasteiger partial charge in [0.1, 0.15) is 23.4 Å². The van der Waals surface area contributed by atoms with E-state index in [1.165, 1.54) is 0 Å². The fourth-order valence-electron chi connectivity index (χ4n) is 5.60. The zero-order chi connectivity index (χ0) is 32.6. The van der Waals surface area contributed by atoms with Crippen molar-refractivity contribution in [1.82, 2.24) is 15.1 Å². The maximum absolute atomic E-state index is 13.4. The molecule has 2 unspecified atom stereocenters. The molecule has 0 radical (unpaired) electrons. The molecule has 2 aromatic rings. The van der Waals surface area contributed by atoms with Crippen LogP contribution in [0.3, 0.4) is 0 Å². The van der Waals surface area contributed by atoms with Crippen LogP contribution in [0, 0.1) is 17.2 Å². The van der Waals surface area contributed by atoms with Gasteiger partial charge < -0.3 is 29.3 Å². The Balaban J connectivity index is 1.33. The predicted molar refractivity (Wildman–Crippen MR) is 170 cm³/mol. The Kier molecular flexibility index (Phi) is 11.3. The predicted octanol–water partition coefficient (Wildman–Crippen LogP) is 5.94. The van der Waals surface area contributed by atoms with Crippen molar-refractivity contribution in [3.05, 3.63) is 54.1 Å². The summed E-state index contributed by atoms with van der Waals surface area (Å²) in [5, 5.41) is 12.3. The van der Waals surface area contributed by atoms with Crippen molar-refractivity contribution in [2.75, 3.05) is 26.2 Å². The zero-order valence-corrected chi connectivity index (χ0v) is 27.1. The molecule has 3 amide bonds. The molecule has 242 valence electrons. The molecular formula is C35H46N4O6. The molecular weight excluding hydrogens is 572 g/mol. The summed E-state index contributed by atoms with van der Waals surface area (Å²) in [6, 6.07) is 16.7. The van der Waals surface area contributed by atoms with Gasteiger partial charge >= 0.3 is 12.2 Å². The normalized spacial score (nSPS) is 17.8. The lowest BCUT2D eigenvalue weighted by atomic mass is 9.98. The highest BCUT2D eigenvalue weighted by Gasteiger charge is 2.35. The number of likely N-dealkylation sites (tertiary alicyclic amines) is 2. The molecule has 2 aliphatic rings. The highest BCUT2D eigenvalue weighted by atomic mass is 16.6. The number of nitrogens with zero attached hydrogens (tertiary/aromatic N) is 3. The van der Waals surface area contributed by atoms with Crippen molar-refractivity contribution in [2.24, 2.45) is 5.92 Å². The minimum atomic E-state index is -0.850. The number of carbonyl (C=O) groups is 3. The molecule has 10 heteroatoms. The lowest BCUT2D eigenvalue weighted by molar-refractivity contribution is -0.133. The first-order valence-corrected chi connectivity index (χ1v) is 15.9. The van der Waals surface area contributed by atoms with Gasteiger partial charge in [0.15, 0.2) is 0 Å². The fourth-order valence-corrected chi connectivity index (χ4v) is 5.60. The first-order valence-electron chi connectivity index (χ1n) is 15.9. The molecule has 0 aliphatic carbocycles. The van der Waals surface area contributed by atoms with E-state index in [1.54, 1.807) is 30.6 Å². The molecule has 2 aromatic carbocycles. The number of carbonyl (C=O) groups excluding carboxylic acids is 3. The standard InChI is InChI=1S/C35H46N4O6/c1-24(2)44-34(42)38-19-16-26(17-20-38)23-43-30-14-12-28(13-15-30)27-10-8-25(9-11-27)21-31(37-33(41)45-35(3,4)5)32(40)39-18-6-7-29(39)22-36/h8-15,24,26,29,31H,6-7,16-21,23H2,1-5H3,(H,37,41). The Morgan fingerprint density at radius 2 is 1.58 bits per heavy atom. The van der Waals surface area contributed by atoms with Crippen LogP contribution >= 0.6 is 0 Å². The van der Waals surface area contributed by atoms with E-state index in [4.69, 9.17) is 14.2 Å². The molecule has 4 rings (SSSR count). The van der Waals surface area contributed by atoms with Crippen LogP contribution in [-0.4, -0.2) is 77.9 Å². The van der Waals surface area contributed by atoms with Crippen LogP contribution in [-0.2, 0) is 20.7 Å². The summed E-state index contributed by atoms with van der Waals surface area (Å²) >= 11 is 0. The van der Waals surface area contributed by atoms with E-state index >= 15 is 0 Å². The Morgan fingerprint density at radius 1 is 0.956 bits per heavy atom. The summed E-state index contributed by atoms with van der Waals surface area (Å²) < 4.78 is 16.8. The van der Waals surface area contributed by atoms with Crippen molar-refractivity contribution >= 4 is 18.1 Å². The Labute approximate surface area is 266 Å². The van der Waals surface area contributed by atoms with Gasteiger partial charge in [0, 0.05) is 26.1 Å². The lowest BCUT2D eigenvalue weighted by Crippen LogP contribution is -2.51. The van der Waals surface area contributed by atoms with Gasteiger partial charge in [-0.15, -0.1) is 0 Å². The van der Waals surface area contributed by atoms with Crippen LogP contribution in [0.1, 0.15) is 65.9 Å². The van der Waals surface area contributed by atoms with E-state index in [9.17, 15) is 19.6 Å². The highest BCUT2D eigenvalue weighted by molar-refractivity contribution is 5.86. The maximum Gasteiger partial charge on any atom is 0.410 e. The van der Waals surface area contributed by atoms with E-state index < -0.39 is 23.8 Å². The van der Waals surface area contributed by atoms with Crippen molar-refractivity contribution < 1.29 is 28.6 Å². The van der Waals surface area contributed by atoms with E-state index in [0.717, 1.165) is 41.7 Å². The largest absolute Gasteiger partial charge is 0.493 e. The van der Waals surface area contributed by atoms with Crippen LogP contribution in [0.4, 0.5) is 9.59 Å². The van der Waals surface area contributed by atoms with E-state index in [2.05, 4.69) is 11.4 Å². The number of alkyl carbamates (subject to hydrolysis) is 1. The van der Waals surface area contributed by atoms with Gasteiger partial charge in [0.2, 0.25) is 5.91 Å². The van der Waals surface area contributed by atoms with Crippen molar-refractivity contribution in [3.63, 3.8) is 0 Å². The van der Waals surface area contributed by atoms with Crippen LogP contribution < -0.4 is 10.1 Å². The van der Waals surface area contributed by atoms with Crippen LogP contribution in [0.5, 0.6) is 5.75 Å². The second-order valence-electron chi connectivity index (χ2n) is 13.1. The van der Waals surface area contributed by atoms with E-state index in [1.807, 2.05) is 62.4 Å². The molecule has 0 saturated carbocycles. The molecule has 0 bridgehead atoms. The number of nitriles is 1. The Morgan fingerprint density at radius 3 is 2.16 bits per heavy atom. The molecule has 0 aromatic heterocycles. The number of piperidine rings is 1. The van der Waals surface area contributed by atoms with Crippen LogP contribution in [0.2, 0.25) is 0 Å². The third kappa shape index (κ3) is 9.87. The van der Waals surface area contributed by atoms with Gasteiger partial charge in [-0.2, -0.15) is 5.26 Å². The summed E-state index contributed by atoms with van der Waals surface area (Å²) in [5.74, 6) is 0.907. The average molecular weight is 619 g/mol. The molecule has 2 saturated heterocycles. The highest BCUT2D eigenvalue weighted by Crippen LogP contribution is 2.26. The molecule has 0 spiro atoms. The lowest BCUT2D eigenvalue weighted by Gasteiger charge is -2.31. The minimum absolute atomic E-state index is 0.116. The molecule has 45 heavy (non-hydrogen) atoms. The van der Waals surface area contributed by atoms with E-state index in [0.29, 0.717) is 38.6 Å². The second-order valence-corrected chi connectivity index (χ2v) is 13.1.